The predicted octanol–water partition coefficient (Wildman–Crippen LogP) is 13.3. The smallest absolute Gasteiger partial charge is 0.164 e. The van der Waals surface area contributed by atoms with E-state index in [0.29, 0.717) is 17.5 Å². The van der Waals surface area contributed by atoms with Crippen LogP contribution in [0.3, 0.4) is 0 Å². The van der Waals surface area contributed by atoms with E-state index < -0.39 is 0 Å². The van der Waals surface area contributed by atoms with Crippen molar-refractivity contribution >= 4 is 76.1 Å². The highest BCUT2D eigenvalue weighted by Gasteiger charge is 2.21. The Hall–Kier alpha value is -7.63. The average molecular weight is 715 g/mol. The highest BCUT2D eigenvalue weighted by atomic mass is 16.3. The Balaban J connectivity index is 1.12. The SMILES string of the molecule is c1ccc(-c2nc(-c3ccc4oc5c6ccccc6c(-n6c7ccccc7c7cc8ccccc8cc76)cc5c4c3)nc(-c3cccc4ccccc34)n2)cc1. The topological polar surface area (TPSA) is 56.7 Å². The summed E-state index contributed by atoms with van der Waals surface area (Å²) in [5.41, 5.74) is 7.90. The van der Waals surface area contributed by atoms with Crippen molar-refractivity contribution in [1.29, 1.82) is 0 Å². The fraction of sp³-hybridized carbons (Fsp3) is 0. The Labute approximate surface area is 320 Å². The van der Waals surface area contributed by atoms with Gasteiger partial charge in [0.05, 0.1) is 16.7 Å². The molecule has 3 heterocycles. The summed E-state index contributed by atoms with van der Waals surface area (Å²) in [4.78, 5) is 15.3. The van der Waals surface area contributed by atoms with Gasteiger partial charge in [0.1, 0.15) is 11.2 Å². The maximum Gasteiger partial charge on any atom is 0.164 e. The van der Waals surface area contributed by atoms with Crippen LogP contribution in [0.1, 0.15) is 0 Å². The number of nitrogens with zero attached hydrogens (tertiary/aromatic N) is 4. The summed E-state index contributed by atoms with van der Waals surface area (Å²) < 4.78 is 9.16. The molecule has 3 aromatic heterocycles. The van der Waals surface area contributed by atoms with E-state index in [0.717, 1.165) is 71.4 Å². The summed E-state index contributed by atoms with van der Waals surface area (Å²) in [5, 5.41) is 11.4. The molecule has 0 atom stereocenters. The highest BCUT2D eigenvalue weighted by Crippen LogP contribution is 2.42. The minimum atomic E-state index is 0.605. The standard InChI is InChI=1S/C51H30N4O/c1-2-14-32(15-3-1)49-52-50(54-51(53-49)40-23-12-18-31-13-6-7-19-36(31)40)35-25-26-47-42(28-35)43-30-46(37-20-8-9-22-39(37)48(43)56-47)55-44-24-11-10-21-38(44)41-27-33-16-4-5-17-34(33)29-45(41)55/h1-30H. The molecule has 260 valence electrons. The Morgan fingerprint density at radius 1 is 0.357 bits per heavy atom. The zero-order valence-corrected chi connectivity index (χ0v) is 30.0. The molecule has 0 bridgehead atoms. The fourth-order valence-electron chi connectivity index (χ4n) is 8.58. The summed E-state index contributed by atoms with van der Waals surface area (Å²) in [6.45, 7) is 0. The maximum atomic E-state index is 6.73. The number of fused-ring (bicyclic) bond motifs is 10. The van der Waals surface area contributed by atoms with E-state index in [1.165, 1.54) is 27.1 Å². The van der Waals surface area contributed by atoms with E-state index in [1.807, 2.05) is 30.3 Å². The third kappa shape index (κ3) is 4.64. The van der Waals surface area contributed by atoms with E-state index in [4.69, 9.17) is 19.4 Å². The summed E-state index contributed by atoms with van der Waals surface area (Å²) >= 11 is 0. The molecule has 0 fully saturated rings. The third-order valence-corrected chi connectivity index (χ3v) is 11.2. The second-order valence-electron chi connectivity index (χ2n) is 14.4. The second-order valence-corrected chi connectivity index (χ2v) is 14.4. The Morgan fingerprint density at radius 2 is 1.00 bits per heavy atom. The van der Waals surface area contributed by atoms with Gasteiger partial charge < -0.3 is 8.98 Å². The van der Waals surface area contributed by atoms with Gasteiger partial charge in [-0.15, -0.1) is 0 Å². The minimum Gasteiger partial charge on any atom is -0.455 e. The first-order valence-corrected chi connectivity index (χ1v) is 18.9. The number of hydrogen-bond acceptors (Lipinski definition) is 4. The Bertz CT molecular complexity index is 3540. The van der Waals surface area contributed by atoms with Crippen LogP contribution in [0, 0.1) is 0 Å². The van der Waals surface area contributed by atoms with Gasteiger partial charge in [-0.05, 0) is 64.0 Å². The molecule has 5 heteroatoms. The van der Waals surface area contributed by atoms with Gasteiger partial charge >= 0.3 is 0 Å². The van der Waals surface area contributed by atoms with Crippen molar-refractivity contribution in [2.45, 2.75) is 0 Å². The molecular formula is C51H30N4O. The summed E-state index contributed by atoms with van der Waals surface area (Å²) in [5.74, 6) is 1.87. The van der Waals surface area contributed by atoms with Crippen LogP contribution < -0.4 is 0 Å². The second kappa shape index (κ2) is 11.9. The van der Waals surface area contributed by atoms with E-state index in [9.17, 15) is 0 Å². The van der Waals surface area contributed by atoms with Gasteiger partial charge in [0.2, 0.25) is 0 Å². The molecule has 0 amide bonds. The number of aromatic nitrogens is 4. The number of furan rings is 1. The molecule has 0 saturated heterocycles. The van der Waals surface area contributed by atoms with Crippen LogP contribution >= 0.6 is 0 Å². The molecule has 0 aliphatic carbocycles. The predicted molar refractivity (Wildman–Crippen MR) is 230 cm³/mol. The number of para-hydroxylation sites is 1. The van der Waals surface area contributed by atoms with Gasteiger partial charge in [0.25, 0.3) is 0 Å². The van der Waals surface area contributed by atoms with Crippen molar-refractivity contribution in [3.05, 3.63) is 182 Å². The first-order valence-electron chi connectivity index (χ1n) is 18.9. The molecule has 12 rings (SSSR count). The van der Waals surface area contributed by atoms with Crippen LogP contribution in [0.5, 0.6) is 0 Å². The van der Waals surface area contributed by atoms with Crippen LogP contribution in [0.15, 0.2) is 186 Å². The van der Waals surface area contributed by atoms with Crippen molar-refractivity contribution in [1.82, 2.24) is 19.5 Å². The largest absolute Gasteiger partial charge is 0.455 e. The van der Waals surface area contributed by atoms with Crippen LogP contribution in [-0.2, 0) is 0 Å². The molecule has 9 aromatic carbocycles. The molecule has 0 radical (unpaired) electrons. The summed E-state index contributed by atoms with van der Waals surface area (Å²) in [6.07, 6.45) is 0. The van der Waals surface area contributed by atoms with Gasteiger partial charge in [-0.2, -0.15) is 0 Å². The fourth-order valence-corrected chi connectivity index (χ4v) is 8.58. The van der Waals surface area contributed by atoms with Gasteiger partial charge in [-0.25, -0.2) is 15.0 Å². The lowest BCUT2D eigenvalue weighted by molar-refractivity contribution is 0.672. The zero-order chi connectivity index (χ0) is 36.7. The van der Waals surface area contributed by atoms with E-state index in [1.54, 1.807) is 0 Å². The molecule has 0 unspecified atom stereocenters. The maximum absolute atomic E-state index is 6.73. The molecular weight excluding hydrogens is 685 g/mol. The summed E-state index contributed by atoms with van der Waals surface area (Å²) in [7, 11) is 0. The lowest BCUT2D eigenvalue weighted by Crippen LogP contribution is -2.00. The van der Waals surface area contributed by atoms with E-state index in [2.05, 4.69) is 156 Å². The van der Waals surface area contributed by atoms with Crippen molar-refractivity contribution < 1.29 is 4.42 Å². The van der Waals surface area contributed by atoms with Gasteiger partial charge in [-0.1, -0.05) is 140 Å². The Kier molecular flexibility index (Phi) is 6.56. The molecule has 56 heavy (non-hydrogen) atoms. The third-order valence-electron chi connectivity index (χ3n) is 11.2. The van der Waals surface area contributed by atoms with Crippen molar-refractivity contribution in [2.75, 3.05) is 0 Å². The number of hydrogen-bond donors (Lipinski definition) is 0. The molecule has 0 saturated carbocycles. The highest BCUT2D eigenvalue weighted by molar-refractivity contribution is 6.20. The molecule has 0 aliphatic heterocycles. The molecule has 0 spiro atoms. The number of rotatable bonds is 4. The average Bonchev–Trinajstić information content (AvgIpc) is 3.80. The molecule has 5 nitrogen and oxygen atoms in total. The van der Waals surface area contributed by atoms with Crippen LogP contribution in [-0.4, -0.2) is 19.5 Å². The molecule has 0 N–H and O–H groups in total. The van der Waals surface area contributed by atoms with Gasteiger partial charge in [-0.3, -0.25) is 0 Å². The van der Waals surface area contributed by atoms with Crippen molar-refractivity contribution in [2.24, 2.45) is 0 Å². The van der Waals surface area contributed by atoms with Gasteiger partial charge in [0.15, 0.2) is 17.5 Å². The Morgan fingerprint density at radius 3 is 1.84 bits per heavy atom. The first kappa shape index (κ1) is 30.8. The lowest BCUT2D eigenvalue weighted by Gasteiger charge is -2.13. The first-order chi connectivity index (χ1) is 27.7. The molecule has 12 aromatic rings. The zero-order valence-electron chi connectivity index (χ0n) is 30.0. The summed E-state index contributed by atoms with van der Waals surface area (Å²) in [6, 6.07) is 63.9. The van der Waals surface area contributed by atoms with Crippen LogP contribution in [0.4, 0.5) is 0 Å². The van der Waals surface area contributed by atoms with Crippen molar-refractivity contribution in [3.63, 3.8) is 0 Å². The van der Waals surface area contributed by atoms with Gasteiger partial charge in [0, 0.05) is 49.0 Å². The van der Waals surface area contributed by atoms with Crippen LogP contribution in [0.25, 0.3) is 116 Å². The minimum absolute atomic E-state index is 0.605. The van der Waals surface area contributed by atoms with E-state index in [-0.39, 0.29) is 0 Å². The normalized spacial score (nSPS) is 11.9. The number of benzene rings is 9. The quantitative estimate of drug-likeness (QED) is 0.182. The van der Waals surface area contributed by atoms with E-state index >= 15 is 0 Å². The monoisotopic (exact) mass is 714 g/mol. The van der Waals surface area contributed by atoms with Crippen molar-refractivity contribution in [3.8, 4) is 39.9 Å². The molecule has 0 aliphatic rings. The lowest BCUT2D eigenvalue weighted by atomic mass is 10.0. The van der Waals surface area contributed by atoms with Crippen LogP contribution in [0.2, 0.25) is 0 Å².